The molecule has 0 bridgehead atoms. The number of carboxylic acid groups (broad SMARTS) is 1. The van der Waals surface area contributed by atoms with E-state index in [1.165, 1.54) is 24.1 Å². The number of aliphatic carboxylic acids is 1. The second kappa shape index (κ2) is 7.76. The minimum absolute atomic E-state index is 0.169. The number of carbonyl (C=O) groups excluding carboxylic acids is 1. The summed E-state index contributed by atoms with van der Waals surface area (Å²) in [7, 11) is -2.12. The summed E-state index contributed by atoms with van der Waals surface area (Å²) in [5, 5.41) is 9.22. The summed E-state index contributed by atoms with van der Waals surface area (Å²) in [6.45, 7) is 0.481. The first-order valence-electron chi connectivity index (χ1n) is 7.90. The lowest BCUT2D eigenvalue weighted by molar-refractivity contribution is -0.152. The molecule has 1 saturated heterocycles. The third kappa shape index (κ3) is 4.33. The Morgan fingerprint density at radius 3 is 2.50 bits per heavy atom. The molecule has 0 aromatic heterocycles. The average molecular weight is 354 g/mol. The molecule has 2 rings (SSSR count). The van der Waals surface area contributed by atoms with Crippen LogP contribution in [0, 0.1) is 0 Å². The van der Waals surface area contributed by atoms with Crippen molar-refractivity contribution in [2.75, 3.05) is 13.6 Å². The van der Waals surface area contributed by atoms with E-state index in [2.05, 4.69) is 4.72 Å². The number of carboxylic acids is 1. The maximum Gasteiger partial charge on any atom is 0.326 e. The fraction of sp³-hybridized carbons (Fsp3) is 0.500. The van der Waals surface area contributed by atoms with Gasteiger partial charge in [0, 0.05) is 13.0 Å². The van der Waals surface area contributed by atoms with Crippen LogP contribution in [0.25, 0.3) is 0 Å². The van der Waals surface area contributed by atoms with Gasteiger partial charge in [-0.2, -0.15) is 0 Å². The Hall–Kier alpha value is -1.93. The molecule has 0 aliphatic carbocycles. The van der Waals surface area contributed by atoms with Gasteiger partial charge in [0.05, 0.1) is 4.90 Å². The van der Waals surface area contributed by atoms with Gasteiger partial charge >= 0.3 is 5.97 Å². The van der Waals surface area contributed by atoms with Crippen LogP contribution < -0.4 is 4.72 Å². The Morgan fingerprint density at radius 1 is 1.25 bits per heavy atom. The molecule has 0 unspecified atom stereocenters. The number of aryl methyl sites for hydroxylation is 1. The molecule has 1 aromatic rings. The molecule has 1 aliphatic rings. The van der Waals surface area contributed by atoms with E-state index in [0.717, 1.165) is 18.4 Å². The van der Waals surface area contributed by atoms with Crippen LogP contribution in [0.4, 0.5) is 0 Å². The van der Waals surface area contributed by atoms with Crippen molar-refractivity contribution in [3.63, 3.8) is 0 Å². The van der Waals surface area contributed by atoms with E-state index >= 15 is 0 Å². The molecule has 0 spiro atoms. The van der Waals surface area contributed by atoms with Crippen LogP contribution in [0.5, 0.6) is 0 Å². The van der Waals surface area contributed by atoms with E-state index in [0.29, 0.717) is 19.4 Å². The number of nitrogens with zero attached hydrogens (tertiary/aromatic N) is 1. The lowest BCUT2D eigenvalue weighted by Crippen LogP contribution is -2.48. The molecule has 1 aromatic carbocycles. The molecular formula is C16H22N2O5S. The Bertz CT molecular complexity index is 700. The molecular weight excluding hydrogens is 332 g/mol. The van der Waals surface area contributed by atoms with Gasteiger partial charge in [-0.1, -0.05) is 12.1 Å². The van der Waals surface area contributed by atoms with Crippen LogP contribution in [-0.4, -0.2) is 49.9 Å². The smallest absolute Gasteiger partial charge is 0.326 e. The van der Waals surface area contributed by atoms with Gasteiger partial charge in [0.1, 0.15) is 6.04 Å². The zero-order valence-corrected chi connectivity index (χ0v) is 14.4. The first-order valence-corrected chi connectivity index (χ1v) is 9.38. The highest BCUT2D eigenvalue weighted by Gasteiger charge is 2.31. The van der Waals surface area contributed by atoms with Crippen molar-refractivity contribution < 1.29 is 23.1 Å². The molecule has 7 nitrogen and oxygen atoms in total. The maximum absolute atomic E-state index is 12.3. The summed E-state index contributed by atoms with van der Waals surface area (Å²) in [4.78, 5) is 25.2. The summed E-state index contributed by atoms with van der Waals surface area (Å²) in [6, 6.07) is 5.60. The lowest BCUT2D eigenvalue weighted by atomic mass is 10.0. The van der Waals surface area contributed by atoms with Crippen LogP contribution in [0.3, 0.4) is 0 Å². The Balaban J connectivity index is 1.97. The number of hydrogen-bond acceptors (Lipinski definition) is 4. The third-order valence-corrected chi connectivity index (χ3v) is 5.67. The van der Waals surface area contributed by atoms with E-state index in [1.807, 2.05) is 0 Å². The summed E-state index contributed by atoms with van der Waals surface area (Å²) in [5.74, 6) is -1.13. The highest BCUT2D eigenvalue weighted by Crippen LogP contribution is 2.19. The molecule has 1 atom stereocenters. The fourth-order valence-corrected chi connectivity index (χ4v) is 3.56. The van der Waals surface area contributed by atoms with Crippen molar-refractivity contribution in [1.82, 2.24) is 9.62 Å². The number of nitrogens with one attached hydrogen (secondary N) is 1. The highest BCUT2D eigenvalue weighted by molar-refractivity contribution is 7.89. The van der Waals surface area contributed by atoms with Crippen molar-refractivity contribution in [3.05, 3.63) is 29.8 Å². The second-order valence-electron chi connectivity index (χ2n) is 5.79. The summed E-state index contributed by atoms with van der Waals surface area (Å²) >= 11 is 0. The number of rotatable bonds is 6. The Kier molecular flexibility index (Phi) is 5.95. The SMILES string of the molecule is CNS(=O)(=O)c1ccc(CCC(=O)N2CCCC[C@H]2C(=O)O)cc1. The van der Waals surface area contributed by atoms with Crippen LogP contribution in [-0.2, 0) is 26.0 Å². The number of sulfonamides is 1. The van der Waals surface area contributed by atoms with Gasteiger partial charge in [-0.15, -0.1) is 0 Å². The minimum atomic E-state index is -3.47. The fourth-order valence-electron chi connectivity index (χ4n) is 2.83. The zero-order valence-electron chi connectivity index (χ0n) is 13.6. The summed E-state index contributed by atoms with van der Waals surface area (Å²) in [6.07, 6.45) is 2.80. The predicted molar refractivity (Wildman–Crippen MR) is 88.0 cm³/mol. The zero-order chi connectivity index (χ0) is 17.7. The van der Waals surface area contributed by atoms with E-state index in [1.54, 1.807) is 12.1 Å². The molecule has 1 fully saturated rings. The normalized spacial score (nSPS) is 18.4. The van der Waals surface area contributed by atoms with Gasteiger partial charge in [0.2, 0.25) is 15.9 Å². The third-order valence-electron chi connectivity index (χ3n) is 4.24. The van der Waals surface area contributed by atoms with Gasteiger partial charge in [0.25, 0.3) is 0 Å². The topological polar surface area (TPSA) is 104 Å². The Morgan fingerprint density at radius 2 is 1.92 bits per heavy atom. The van der Waals surface area contributed by atoms with Crippen molar-refractivity contribution in [1.29, 1.82) is 0 Å². The molecule has 132 valence electrons. The van der Waals surface area contributed by atoms with Crippen molar-refractivity contribution in [2.45, 2.75) is 43.0 Å². The van der Waals surface area contributed by atoms with E-state index in [4.69, 9.17) is 0 Å². The Labute approximate surface area is 141 Å². The number of piperidine rings is 1. The first kappa shape index (κ1) is 18.4. The molecule has 2 N–H and O–H groups in total. The van der Waals surface area contributed by atoms with E-state index < -0.39 is 22.0 Å². The monoisotopic (exact) mass is 354 g/mol. The van der Waals surface area contributed by atoms with Crippen LogP contribution in [0.2, 0.25) is 0 Å². The minimum Gasteiger partial charge on any atom is -0.480 e. The molecule has 24 heavy (non-hydrogen) atoms. The lowest BCUT2D eigenvalue weighted by Gasteiger charge is -2.33. The van der Waals surface area contributed by atoms with E-state index in [9.17, 15) is 23.1 Å². The number of benzene rings is 1. The first-order chi connectivity index (χ1) is 11.3. The quantitative estimate of drug-likeness (QED) is 0.793. The van der Waals surface area contributed by atoms with Crippen LogP contribution >= 0.6 is 0 Å². The summed E-state index contributed by atoms with van der Waals surface area (Å²) < 4.78 is 25.6. The number of carbonyl (C=O) groups is 2. The average Bonchev–Trinajstić information content (AvgIpc) is 2.60. The molecule has 0 radical (unpaired) electrons. The largest absolute Gasteiger partial charge is 0.480 e. The maximum atomic E-state index is 12.3. The number of likely N-dealkylation sites (tertiary alicyclic amines) is 1. The number of amides is 1. The molecule has 8 heteroatoms. The van der Waals surface area contributed by atoms with Gasteiger partial charge in [-0.3, -0.25) is 4.79 Å². The second-order valence-corrected chi connectivity index (χ2v) is 7.67. The standard InChI is InChI=1S/C16H22N2O5S/c1-17-24(22,23)13-8-5-12(6-9-13)7-10-15(19)18-11-3-2-4-14(18)16(20)21/h5-6,8-9,14,17H,2-4,7,10-11H2,1H3,(H,20,21)/t14-/m0/s1. The predicted octanol–water partition coefficient (Wildman–Crippen LogP) is 0.993. The van der Waals surface area contributed by atoms with Gasteiger partial charge < -0.3 is 10.0 Å². The van der Waals surface area contributed by atoms with Crippen LogP contribution in [0.15, 0.2) is 29.2 Å². The van der Waals surface area contributed by atoms with E-state index in [-0.39, 0.29) is 17.2 Å². The number of hydrogen-bond donors (Lipinski definition) is 2. The van der Waals surface area contributed by atoms with Crippen molar-refractivity contribution in [2.24, 2.45) is 0 Å². The summed E-state index contributed by atoms with van der Waals surface area (Å²) in [5.41, 5.74) is 0.835. The molecule has 1 heterocycles. The van der Waals surface area contributed by atoms with Gasteiger partial charge in [0.15, 0.2) is 0 Å². The molecule has 1 aliphatic heterocycles. The van der Waals surface area contributed by atoms with Crippen LogP contribution in [0.1, 0.15) is 31.2 Å². The highest BCUT2D eigenvalue weighted by atomic mass is 32.2. The molecule has 0 saturated carbocycles. The van der Waals surface area contributed by atoms with Crippen molar-refractivity contribution in [3.8, 4) is 0 Å². The molecule has 1 amide bonds. The van der Waals surface area contributed by atoms with Gasteiger partial charge in [-0.25, -0.2) is 17.9 Å². The van der Waals surface area contributed by atoms with Gasteiger partial charge in [-0.05, 0) is 50.4 Å². The van der Waals surface area contributed by atoms with Crippen molar-refractivity contribution >= 4 is 21.9 Å².